The number of aliphatic hydroxyl groups is 4. The third kappa shape index (κ3) is 2.11. The minimum absolute atomic E-state index is 0.192. The van der Waals surface area contributed by atoms with Gasteiger partial charge in [-0.3, -0.25) is 0 Å². The van der Waals surface area contributed by atoms with Gasteiger partial charge >= 0.3 is 0 Å². The maximum atomic E-state index is 10.9. The Hall–Kier alpha value is -0.160. The molecule has 0 amide bonds. The van der Waals surface area contributed by atoms with E-state index in [9.17, 15) is 20.4 Å². The Morgan fingerprint density at radius 2 is 1.43 bits per heavy atom. The Bertz CT molecular complexity index is 482. The molecule has 4 nitrogen and oxygen atoms in total. The molecule has 0 spiro atoms. The van der Waals surface area contributed by atoms with Gasteiger partial charge in [-0.2, -0.15) is 0 Å². The molecular weight excluding hydrogens is 292 g/mol. The van der Waals surface area contributed by atoms with Crippen molar-refractivity contribution in [3.8, 4) is 0 Å². The van der Waals surface area contributed by atoms with Gasteiger partial charge in [-0.1, -0.05) is 13.8 Å². The van der Waals surface area contributed by atoms with Crippen LogP contribution in [0.15, 0.2) is 0 Å². The van der Waals surface area contributed by atoms with E-state index in [0.29, 0.717) is 18.3 Å². The van der Waals surface area contributed by atoms with E-state index in [1.54, 1.807) is 0 Å². The highest BCUT2D eigenvalue weighted by molar-refractivity contribution is 5.13. The Balaban J connectivity index is 1.68. The summed E-state index contributed by atoms with van der Waals surface area (Å²) < 4.78 is 0. The molecule has 0 unspecified atom stereocenters. The normalized spacial score (nSPS) is 62.3. The molecule has 4 heteroatoms. The van der Waals surface area contributed by atoms with E-state index < -0.39 is 12.2 Å². The minimum atomic E-state index is -0.653. The van der Waals surface area contributed by atoms with Crippen LogP contribution in [0, 0.1) is 34.5 Å². The lowest BCUT2D eigenvalue weighted by Crippen LogP contribution is -2.58. The Kier molecular flexibility index (Phi) is 3.67. The summed E-state index contributed by atoms with van der Waals surface area (Å²) in [6.45, 7) is 4.48. The molecule has 132 valence electrons. The molecule has 0 aliphatic heterocycles. The molecule has 0 radical (unpaired) electrons. The minimum Gasteiger partial charge on any atom is -0.393 e. The molecule has 0 heterocycles. The van der Waals surface area contributed by atoms with Gasteiger partial charge in [-0.25, -0.2) is 0 Å². The van der Waals surface area contributed by atoms with Crippen LogP contribution in [0.1, 0.15) is 58.8 Å². The smallest absolute Gasteiger partial charge is 0.0855 e. The lowest BCUT2D eigenvalue weighted by atomic mass is 9.44. The van der Waals surface area contributed by atoms with Crippen molar-refractivity contribution in [3.05, 3.63) is 0 Å². The highest BCUT2D eigenvalue weighted by atomic mass is 16.3. The molecule has 0 aromatic heterocycles. The largest absolute Gasteiger partial charge is 0.393 e. The molecule has 4 rings (SSSR count). The van der Waals surface area contributed by atoms with E-state index in [0.717, 1.165) is 38.5 Å². The summed E-state index contributed by atoms with van der Waals surface area (Å²) in [6, 6.07) is 0. The highest BCUT2D eigenvalue weighted by Crippen LogP contribution is 2.66. The van der Waals surface area contributed by atoms with Gasteiger partial charge in [0.15, 0.2) is 0 Å². The fraction of sp³-hybridized carbons (Fsp3) is 1.00. The zero-order valence-electron chi connectivity index (χ0n) is 14.4. The van der Waals surface area contributed by atoms with Crippen molar-refractivity contribution in [3.63, 3.8) is 0 Å². The molecule has 4 saturated carbocycles. The molecule has 4 fully saturated rings. The first kappa shape index (κ1) is 16.3. The van der Waals surface area contributed by atoms with Crippen LogP contribution in [-0.4, -0.2) is 44.8 Å². The predicted octanol–water partition coefficient (Wildman–Crippen LogP) is 1.69. The molecule has 0 saturated heterocycles. The van der Waals surface area contributed by atoms with Crippen molar-refractivity contribution < 1.29 is 20.4 Å². The molecule has 10 atom stereocenters. The van der Waals surface area contributed by atoms with Crippen molar-refractivity contribution in [1.82, 2.24) is 0 Å². The van der Waals surface area contributed by atoms with Crippen LogP contribution in [0.2, 0.25) is 0 Å². The van der Waals surface area contributed by atoms with Crippen LogP contribution in [0.4, 0.5) is 0 Å². The van der Waals surface area contributed by atoms with Crippen molar-refractivity contribution in [2.24, 2.45) is 34.5 Å². The number of rotatable bonds is 0. The van der Waals surface area contributed by atoms with Crippen molar-refractivity contribution in [2.45, 2.75) is 83.2 Å². The van der Waals surface area contributed by atoms with E-state index in [1.165, 1.54) is 0 Å². The van der Waals surface area contributed by atoms with E-state index in [2.05, 4.69) is 13.8 Å². The Morgan fingerprint density at radius 1 is 0.739 bits per heavy atom. The van der Waals surface area contributed by atoms with E-state index in [4.69, 9.17) is 0 Å². The molecule has 4 aliphatic rings. The number of aliphatic hydroxyl groups excluding tert-OH is 4. The number of hydrogen-bond donors (Lipinski definition) is 4. The lowest BCUT2D eigenvalue weighted by molar-refractivity contribution is -0.177. The molecular formula is C19H32O4. The zero-order valence-corrected chi connectivity index (χ0v) is 14.4. The van der Waals surface area contributed by atoms with E-state index in [-0.39, 0.29) is 34.9 Å². The van der Waals surface area contributed by atoms with Crippen LogP contribution in [0.5, 0.6) is 0 Å². The summed E-state index contributed by atoms with van der Waals surface area (Å²) in [5.41, 5.74) is -0.0537. The fourth-order valence-corrected chi connectivity index (χ4v) is 7.19. The van der Waals surface area contributed by atoms with Gasteiger partial charge in [0, 0.05) is 0 Å². The first-order chi connectivity index (χ1) is 10.8. The molecule has 4 aliphatic carbocycles. The van der Waals surface area contributed by atoms with Gasteiger partial charge < -0.3 is 20.4 Å². The quantitative estimate of drug-likeness (QED) is 0.547. The maximum absolute atomic E-state index is 10.9. The third-order valence-corrected chi connectivity index (χ3v) is 8.63. The predicted molar refractivity (Wildman–Crippen MR) is 86.5 cm³/mol. The van der Waals surface area contributed by atoms with Gasteiger partial charge in [0.25, 0.3) is 0 Å². The molecule has 4 N–H and O–H groups in total. The zero-order chi connectivity index (χ0) is 16.6. The van der Waals surface area contributed by atoms with Crippen molar-refractivity contribution in [2.75, 3.05) is 0 Å². The van der Waals surface area contributed by atoms with Crippen LogP contribution < -0.4 is 0 Å². The summed E-state index contributed by atoms with van der Waals surface area (Å²) in [7, 11) is 0. The lowest BCUT2D eigenvalue weighted by Gasteiger charge is -2.61. The summed E-state index contributed by atoms with van der Waals surface area (Å²) in [4.78, 5) is 0. The summed E-state index contributed by atoms with van der Waals surface area (Å²) in [5, 5.41) is 41.7. The van der Waals surface area contributed by atoms with Crippen LogP contribution in [-0.2, 0) is 0 Å². The fourth-order valence-electron chi connectivity index (χ4n) is 7.19. The van der Waals surface area contributed by atoms with Gasteiger partial charge in [-0.15, -0.1) is 0 Å². The van der Waals surface area contributed by atoms with Crippen LogP contribution in [0.25, 0.3) is 0 Å². The van der Waals surface area contributed by atoms with Gasteiger partial charge in [0.2, 0.25) is 0 Å². The van der Waals surface area contributed by atoms with Gasteiger partial charge in [0.05, 0.1) is 24.4 Å². The maximum Gasteiger partial charge on any atom is 0.0855 e. The Morgan fingerprint density at radius 3 is 2.17 bits per heavy atom. The third-order valence-electron chi connectivity index (χ3n) is 8.63. The molecule has 0 aromatic carbocycles. The topological polar surface area (TPSA) is 80.9 Å². The highest BCUT2D eigenvalue weighted by Gasteiger charge is 2.64. The second-order valence-corrected chi connectivity index (χ2v) is 9.52. The van der Waals surface area contributed by atoms with Gasteiger partial charge in [-0.05, 0) is 79.4 Å². The second kappa shape index (κ2) is 5.17. The van der Waals surface area contributed by atoms with Crippen molar-refractivity contribution >= 4 is 0 Å². The Labute approximate surface area is 138 Å². The summed E-state index contributed by atoms with van der Waals surface area (Å²) >= 11 is 0. The van der Waals surface area contributed by atoms with E-state index in [1.807, 2.05) is 0 Å². The summed E-state index contributed by atoms with van der Waals surface area (Å²) in [6.07, 6.45) is 4.24. The monoisotopic (exact) mass is 324 g/mol. The molecule has 0 aromatic rings. The molecule has 23 heavy (non-hydrogen) atoms. The average Bonchev–Trinajstić information content (AvgIpc) is 2.73. The summed E-state index contributed by atoms with van der Waals surface area (Å²) in [5.74, 6) is 1.27. The van der Waals surface area contributed by atoms with Crippen LogP contribution in [0.3, 0.4) is 0 Å². The number of hydrogen-bond acceptors (Lipinski definition) is 4. The number of fused-ring (bicyclic) bond motifs is 5. The second-order valence-electron chi connectivity index (χ2n) is 9.52. The van der Waals surface area contributed by atoms with Crippen LogP contribution >= 0.6 is 0 Å². The SMILES string of the molecule is C[C@]12CC[C@H](O)C[C@@H]1C[C@H](O)[C@@H]1[C@@H]2CC[C@]2(C)[C@@H](O)[C@H](O)C[C@@H]12. The van der Waals surface area contributed by atoms with Crippen molar-refractivity contribution in [1.29, 1.82) is 0 Å². The average molecular weight is 324 g/mol. The van der Waals surface area contributed by atoms with Gasteiger partial charge in [0.1, 0.15) is 0 Å². The molecule has 0 bridgehead atoms. The standard InChI is InChI=1S/C19H32O4/c1-18-5-3-11(20)7-10(18)8-14(21)16-12(18)4-6-19(2)13(16)9-15(22)17(19)23/h10-17,20-23H,3-9H2,1-2H3/t10-,11+,12+,13+,14+,15-,16-,17+,18+,19+/m1/s1. The van der Waals surface area contributed by atoms with E-state index >= 15 is 0 Å². The first-order valence-corrected chi connectivity index (χ1v) is 9.49. The first-order valence-electron chi connectivity index (χ1n) is 9.49.